The molecule has 0 aliphatic carbocycles. The van der Waals surface area contributed by atoms with E-state index in [0.29, 0.717) is 5.01 Å². The van der Waals surface area contributed by atoms with Crippen molar-refractivity contribution in [3.8, 4) is 0 Å². The van der Waals surface area contributed by atoms with Crippen LogP contribution in [0.25, 0.3) is 10.2 Å². The number of nitrogens with zero attached hydrogens (tertiary/aromatic N) is 5. The van der Waals surface area contributed by atoms with Gasteiger partial charge in [0.05, 0.1) is 22.5 Å². The van der Waals surface area contributed by atoms with Crippen LogP contribution in [0.4, 0.5) is 5.82 Å². The van der Waals surface area contributed by atoms with E-state index in [4.69, 9.17) is 0 Å². The fraction of sp³-hybridized carbons (Fsp3) is 0.250. The first-order valence-electron chi connectivity index (χ1n) is 7.36. The van der Waals surface area contributed by atoms with Crippen molar-refractivity contribution >= 4 is 33.3 Å². The first kappa shape index (κ1) is 14.1. The van der Waals surface area contributed by atoms with Crippen molar-refractivity contribution in [1.29, 1.82) is 0 Å². The summed E-state index contributed by atoms with van der Waals surface area (Å²) in [5.74, 6) is 0.833. The number of thiazole rings is 1. The van der Waals surface area contributed by atoms with Gasteiger partial charge in [-0.2, -0.15) is 0 Å². The van der Waals surface area contributed by atoms with Crippen molar-refractivity contribution in [3.05, 3.63) is 47.9 Å². The molecule has 1 aromatic carbocycles. The van der Waals surface area contributed by atoms with Gasteiger partial charge in [-0.3, -0.25) is 9.78 Å². The number of para-hydroxylation sites is 1. The van der Waals surface area contributed by atoms with Crippen molar-refractivity contribution < 1.29 is 4.79 Å². The standard InChI is InChI=1S/C16H15N5OS/c1-20(11-9-21(10-11)14-8-17-6-7-18-14)16(22)15-19-12-4-2-3-5-13(12)23-15/h2-8,11H,9-10H2,1H3. The Labute approximate surface area is 137 Å². The van der Waals surface area contributed by atoms with Crippen LogP contribution in [0.5, 0.6) is 0 Å². The van der Waals surface area contributed by atoms with Gasteiger partial charge in [-0.25, -0.2) is 9.97 Å². The third kappa shape index (κ3) is 2.53. The third-order valence-corrected chi connectivity index (χ3v) is 5.11. The molecule has 0 spiro atoms. The SMILES string of the molecule is CN(C(=O)c1nc2ccccc2s1)C1CN(c2cnccn2)C1. The maximum atomic E-state index is 12.6. The smallest absolute Gasteiger partial charge is 0.282 e. The lowest BCUT2D eigenvalue weighted by molar-refractivity contribution is 0.0705. The van der Waals surface area contributed by atoms with E-state index in [1.165, 1.54) is 11.3 Å². The average molecular weight is 325 g/mol. The fourth-order valence-electron chi connectivity index (χ4n) is 2.62. The lowest BCUT2D eigenvalue weighted by Gasteiger charge is -2.44. The molecule has 1 saturated heterocycles. The van der Waals surface area contributed by atoms with Crippen LogP contribution in [0.15, 0.2) is 42.9 Å². The van der Waals surface area contributed by atoms with Crippen LogP contribution in [0, 0.1) is 0 Å². The van der Waals surface area contributed by atoms with Gasteiger partial charge < -0.3 is 9.80 Å². The average Bonchev–Trinajstić information content (AvgIpc) is 2.97. The molecule has 1 amide bonds. The molecule has 3 aromatic rings. The summed E-state index contributed by atoms with van der Waals surface area (Å²) in [4.78, 5) is 29.3. The second-order valence-electron chi connectivity index (χ2n) is 5.53. The Morgan fingerprint density at radius 2 is 2.13 bits per heavy atom. The van der Waals surface area contributed by atoms with Crippen LogP contribution in [0.3, 0.4) is 0 Å². The molecule has 6 nitrogen and oxygen atoms in total. The maximum absolute atomic E-state index is 12.6. The summed E-state index contributed by atoms with van der Waals surface area (Å²) >= 11 is 1.44. The van der Waals surface area contributed by atoms with Gasteiger partial charge in [0.15, 0.2) is 5.01 Å². The molecule has 116 valence electrons. The van der Waals surface area contributed by atoms with Crippen molar-refractivity contribution in [3.63, 3.8) is 0 Å². The van der Waals surface area contributed by atoms with Gasteiger partial charge in [-0.1, -0.05) is 12.1 Å². The van der Waals surface area contributed by atoms with E-state index in [0.717, 1.165) is 29.1 Å². The second-order valence-corrected chi connectivity index (χ2v) is 6.56. The molecule has 7 heteroatoms. The van der Waals surface area contributed by atoms with E-state index in [-0.39, 0.29) is 11.9 Å². The minimum Gasteiger partial charge on any atom is -0.351 e. The number of carbonyl (C=O) groups is 1. The van der Waals surface area contributed by atoms with Crippen LogP contribution >= 0.6 is 11.3 Å². The number of hydrogen-bond acceptors (Lipinski definition) is 6. The summed E-state index contributed by atoms with van der Waals surface area (Å²) in [7, 11) is 1.84. The molecule has 1 aliphatic heterocycles. The monoisotopic (exact) mass is 325 g/mol. The number of amides is 1. The number of rotatable bonds is 3. The predicted molar refractivity (Wildman–Crippen MR) is 89.7 cm³/mol. The van der Waals surface area contributed by atoms with Gasteiger partial charge in [0, 0.05) is 32.5 Å². The highest BCUT2D eigenvalue weighted by Gasteiger charge is 2.34. The summed E-state index contributed by atoms with van der Waals surface area (Å²) in [5.41, 5.74) is 0.879. The first-order chi connectivity index (χ1) is 11.2. The number of hydrogen-bond donors (Lipinski definition) is 0. The van der Waals surface area contributed by atoms with Gasteiger partial charge >= 0.3 is 0 Å². The van der Waals surface area contributed by atoms with Crippen molar-refractivity contribution in [2.75, 3.05) is 25.0 Å². The van der Waals surface area contributed by atoms with Gasteiger partial charge in [-0.15, -0.1) is 11.3 Å². The van der Waals surface area contributed by atoms with Crippen molar-refractivity contribution in [2.45, 2.75) is 6.04 Å². The molecular weight excluding hydrogens is 310 g/mol. The Morgan fingerprint density at radius 3 is 2.87 bits per heavy atom. The Bertz CT molecular complexity index is 811. The Kier molecular flexibility index (Phi) is 3.42. The summed E-state index contributed by atoms with van der Waals surface area (Å²) in [6, 6.07) is 8.00. The molecular formula is C16H15N5OS. The molecule has 0 unspecified atom stereocenters. The van der Waals surface area contributed by atoms with Crippen molar-refractivity contribution in [1.82, 2.24) is 19.9 Å². The second kappa shape index (κ2) is 5.58. The molecule has 1 fully saturated rings. The lowest BCUT2D eigenvalue weighted by Crippen LogP contribution is -2.60. The van der Waals surface area contributed by atoms with E-state index in [9.17, 15) is 4.79 Å². The van der Waals surface area contributed by atoms with Gasteiger partial charge in [0.25, 0.3) is 5.91 Å². The zero-order valence-electron chi connectivity index (χ0n) is 12.6. The Morgan fingerprint density at radius 1 is 1.30 bits per heavy atom. The summed E-state index contributed by atoms with van der Waals surface area (Å²) < 4.78 is 1.04. The third-order valence-electron chi connectivity index (χ3n) is 4.08. The molecule has 2 aromatic heterocycles. The zero-order valence-corrected chi connectivity index (χ0v) is 13.4. The maximum Gasteiger partial charge on any atom is 0.282 e. The van der Waals surface area contributed by atoms with E-state index in [2.05, 4.69) is 19.9 Å². The largest absolute Gasteiger partial charge is 0.351 e. The number of likely N-dealkylation sites (N-methyl/N-ethyl adjacent to an activating group) is 1. The van der Waals surface area contributed by atoms with Crippen LogP contribution < -0.4 is 4.90 Å². The highest BCUT2D eigenvalue weighted by atomic mass is 32.1. The Balaban J connectivity index is 1.45. The zero-order chi connectivity index (χ0) is 15.8. The van der Waals surface area contributed by atoms with Gasteiger partial charge in [-0.05, 0) is 12.1 Å². The van der Waals surface area contributed by atoms with E-state index in [1.54, 1.807) is 23.5 Å². The number of fused-ring (bicyclic) bond motifs is 1. The normalized spacial score (nSPS) is 14.7. The Hall–Kier alpha value is -2.54. The van der Waals surface area contributed by atoms with Crippen LogP contribution in [-0.4, -0.2) is 51.9 Å². The molecule has 0 N–H and O–H groups in total. The van der Waals surface area contributed by atoms with Gasteiger partial charge in [0.1, 0.15) is 5.82 Å². The fourth-order valence-corrected chi connectivity index (χ4v) is 3.57. The van der Waals surface area contributed by atoms with Crippen LogP contribution in [0.1, 0.15) is 9.80 Å². The molecule has 0 saturated carbocycles. The lowest BCUT2D eigenvalue weighted by atomic mass is 10.1. The highest BCUT2D eigenvalue weighted by molar-refractivity contribution is 7.20. The predicted octanol–water partition coefficient (Wildman–Crippen LogP) is 2.05. The highest BCUT2D eigenvalue weighted by Crippen LogP contribution is 2.25. The van der Waals surface area contributed by atoms with Gasteiger partial charge in [0.2, 0.25) is 0 Å². The van der Waals surface area contributed by atoms with Crippen LogP contribution in [0.2, 0.25) is 0 Å². The van der Waals surface area contributed by atoms with Crippen molar-refractivity contribution in [2.24, 2.45) is 0 Å². The molecule has 1 aliphatic rings. The van der Waals surface area contributed by atoms with E-state index < -0.39 is 0 Å². The molecule has 0 atom stereocenters. The quantitative estimate of drug-likeness (QED) is 0.737. The van der Waals surface area contributed by atoms with E-state index >= 15 is 0 Å². The topological polar surface area (TPSA) is 62.2 Å². The number of anilines is 1. The molecule has 3 heterocycles. The summed E-state index contributed by atoms with van der Waals surface area (Å²) in [6.45, 7) is 1.54. The number of benzene rings is 1. The molecule has 4 rings (SSSR count). The van der Waals surface area contributed by atoms with Crippen LogP contribution in [-0.2, 0) is 0 Å². The summed E-state index contributed by atoms with van der Waals surface area (Å²) in [5, 5.41) is 0.548. The number of aromatic nitrogens is 3. The van der Waals surface area contributed by atoms with E-state index in [1.807, 2.05) is 31.3 Å². The minimum atomic E-state index is -0.0185. The molecule has 23 heavy (non-hydrogen) atoms. The minimum absolute atomic E-state index is 0.0185. The first-order valence-corrected chi connectivity index (χ1v) is 8.18. The molecule has 0 bridgehead atoms. The molecule has 0 radical (unpaired) electrons. The summed E-state index contributed by atoms with van der Waals surface area (Å²) in [6.07, 6.45) is 5.08. The number of carbonyl (C=O) groups excluding carboxylic acids is 1.